The van der Waals surface area contributed by atoms with Crippen molar-refractivity contribution in [1.82, 2.24) is 24.9 Å². The van der Waals surface area contributed by atoms with Crippen molar-refractivity contribution < 1.29 is 8.42 Å². The average molecular weight is 286 g/mol. The van der Waals surface area contributed by atoms with Crippen molar-refractivity contribution in [2.45, 2.75) is 11.4 Å². The summed E-state index contributed by atoms with van der Waals surface area (Å²) in [5.41, 5.74) is 0.510. The minimum absolute atomic E-state index is 0.0112. The van der Waals surface area contributed by atoms with Crippen LogP contribution < -0.4 is 4.72 Å². The van der Waals surface area contributed by atoms with E-state index in [1.54, 1.807) is 12.1 Å². The van der Waals surface area contributed by atoms with Crippen molar-refractivity contribution in [2.75, 3.05) is 0 Å². The first kappa shape index (κ1) is 12.8. The van der Waals surface area contributed by atoms with Crippen LogP contribution in [0.2, 0.25) is 5.28 Å². The highest BCUT2D eigenvalue weighted by atomic mass is 35.5. The SMILES string of the molecule is O=S(=O)(NCc1cccnn1)c1cnc(Cl)nc1. The zero-order valence-electron chi connectivity index (χ0n) is 8.99. The molecule has 0 aliphatic rings. The van der Waals surface area contributed by atoms with Gasteiger partial charge in [-0.3, -0.25) is 0 Å². The van der Waals surface area contributed by atoms with Gasteiger partial charge in [-0.25, -0.2) is 23.1 Å². The van der Waals surface area contributed by atoms with Crippen LogP contribution in [-0.4, -0.2) is 28.6 Å². The summed E-state index contributed by atoms with van der Waals surface area (Å²) in [4.78, 5) is 7.16. The molecule has 0 unspecified atom stereocenters. The second kappa shape index (κ2) is 5.34. The van der Waals surface area contributed by atoms with Crippen LogP contribution in [0.1, 0.15) is 5.69 Å². The van der Waals surface area contributed by atoms with Crippen molar-refractivity contribution in [3.8, 4) is 0 Å². The van der Waals surface area contributed by atoms with Crippen LogP contribution in [-0.2, 0) is 16.6 Å². The molecule has 2 heterocycles. The smallest absolute Gasteiger partial charge is 0.225 e. The Kier molecular flexibility index (Phi) is 3.80. The molecule has 2 rings (SSSR count). The van der Waals surface area contributed by atoms with Gasteiger partial charge in [-0.05, 0) is 23.7 Å². The van der Waals surface area contributed by atoms with E-state index >= 15 is 0 Å². The third-order valence-corrected chi connectivity index (χ3v) is 3.53. The van der Waals surface area contributed by atoms with E-state index in [9.17, 15) is 8.42 Å². The maximum atomic E-state index is 11.8. The molecule has 0 saturated carbocycles. The zero-order valence-corrected chi connectivity index (χ0v) is 10.6. The van der Waals surface area contributed by atoms with E-state index in [4.69, 9.17) is 11.6 Å². The van der Waals surface area contributed by atoms with Crippen molar-refractivity contribution in [1.29, 1.82) is 0 Å². The molecule has 1 N–H and O–H groups in total. The number of halogens is 1. The van der Waals surface area contributed by atoms with Gasteiger partial charge in [-0.15, -0.1) is 0 Å². The summed E-state index contributed by atoms with van der Waals surface area (Å²) in [6.45, 7) is 0.0405. The van der Waals surface area contributed by atoms with Crippen LogP contribution in [0.5, 0.6) is 0 Å². The number of hydrogen-bond donors (Lipinski definition) is 1. The molecule has 0 atom stereocenters. The van der Waals surface area contributed by atoms with Crippen LogP contribution in [0.3, 0.4) is 0 Å². The molecule has 0 bridgehead atoms. The minimum atomic E-state index is -3.68. The maximum absolute atomic E-state index is 11.8. The highest BCUT2D eigenvalue weighted by molar-refractivity contribution is 7.89. The fourth-order valence-corrected chi connectivity index (χ4v) is 2.10. The molecule has 0 amide bonds. The molecule has 0 aliphatic carbocycles. The lowest BCUT2D eigenvalue weighted by atomic mass is 10.4. The van der Waals surface area contributed by atoms with Crippen LogP contribution in [0.15, 0.2) is 35.6 Å². The van der Waals surface area contributed by atoms with Crippen molar-refractivity contribution in [3.05, 3.63) is 41.7 Å². The van der Waals surface area contributed by atoms with E-state index in [1.165, 1.54) is 6.20 Å². The molecule has 0 fully saturated rings. The van der Waals surface area contributed by atoms with E-state index < -0.39 is 10.0 Å². The Hall–Kier alpha value is -1.64. The fraction of sp³-hybridized carbons (Fsp3) is 0.111. The summed E-state index contributed by atoms with van der Waals surface area (Å²) >= 11 is 5.48. The maximum Gasteiger partial charge on any atom is 0.243 e. The Morgan fingerprint density at radius 3 is 2.61 bits per heavy atom. The summed E-state index contributed by atoms with van der Waals surface area (Å²) in [7, 11) is -3.68. The van der Waals surface area contributed by atoms with Crippen LogP contribution >= 0.6 is 11.6 Å². The third-order valence-electron chi connectivity index (χ3n) is 1.98. The molecule has 0 aliphatic heterocycles. The van der Waals surface area contributed by atoms with Crippen LogP contribution in [0.25, 0.3) is 0 Å². The predicted octanol–water partition coefficient (Wildman–Crippen LogP) is 0.398. The number of nitrogens with one attached hydrogen (secondary N) is 1. The van der Waals surface area contributed by atoms with Crippen LogP contribution in [0, 0.1) is 0 Å². The van der Waals surface area contributed by atoms with Crippen molar-refractivity contribution in [2.24, 2.45) is 0 Å². The van der Waals surface area contributed by atoms with Gasteiger partial charge < -0.3 is 0 Å². The summed E-state index contributed by atoms with van der Waals surface area (Å²) < 4.78 is 26.0. The Labute approximate surface area is 108 Å². The van der Waals surface area contributed by atoms with E-state index in [0.29, 0.717) is 5.69 Å². The number of sulfonamides is 1. The number of nitrogens with zero attached hydrogens (tertiary/aromatic N) is 4. The summed E-state index contributed by atoms with van der Waals surface area (Å²) in [6.07, 6.45) is 3.77. The molecule has 7 nitrogen and oxygen atoms in total. The Bertz CT molecular complexity index is 617. The molecular formula is C9H8ClN5O2S. The molecule has 2 aromatic heterocycles. The van der Waals surface area contributed by atoms with Gasteiger partial charge in [0.05, 0.1) is 24.6 Å². The largest absolute Gasteiger partial charge is 0.243 e. The molecule has 9 heteroatoms. The molecule has 0 spiro atoms. The van der Waals surface area contributed by atoms with E-state index in [0.717, 1.165) is 12.4 Å². The standard InChI is InChI=1S/C9H8ClN5O2S/c10-9-11-5-8(6-12-9)18(16,17)14-4-7-2-1-3-13-15-7/h1-3,5-6,14H,4H2. The van der Waals surface area contributed by atoms with Crippen LogP contribution in [0.4, 0.5) is 0 Å². The van der Waals surface area contributed by atoms with Gasteiger partial charge in [0.25, 0.3) is 0 Å². The first-order chi connectivity index (χ1) is 8.58. The molecular weight excluding hydrogens is 278 g/mol. The highest BCUT2D eigenvalue weighted by Crippen LogP contribution is 2.07. The van der Waals surface area contributed by atoms with Crippen molar-refractivity contribution >= 4 is 21.6 Å². The number of rotatable bonds is 4. The minimum Gasteiger partial charge on any atom is -0.225 e. The van der Waals surface area contributed by atoms with Gasteiger partial charge in [0.15, 0.2) is 0 Å². The second-order valence-corrected chi connectivity index (χ2v) is 5.33. The Balaban J connectivity index is 2.11. The quantitative estimate of drug-likeness (QED) is 0.817. The lowest BCUT2D eigenvalue weighted by Gasteiger charge is -2.04. The molecule has 0 saturated heterocycles. The lowest BCUT2D eigenvalue weighted by Crippen LogP contribution is -2.24. The third kappa shape index (κ3) is 3.19. The van der Waals surface area contributed by atoms with Gasteiger partial charge in [0.2, 0.25) is 15.3 Å². The summed E-state index contributed by atoms with van der Waals surface area (Å²) in [5.74, 6) is 0. The lowest BCUT2D eigenvalue weighted by molar-refractivity contribution is 0.579. The fourth-order valence-electron chi connectivity index (χ4n) is 1.12. The van der Waals surface area contributed by atoms with E-state index in [1.807, 2.05) is 0 Å². The van der Waals surface area contributed by atoms with Gasteiger partial charge >= 0.3 is 0 Å². The zero-order chi connectivity index (χ0) is 13.0. The van der Waals surface area contributed by atoms with E-state index in [-0.39, 0.29) is 16.7 Å². The molecule has 0 radical (unpaired) electrons. The molecule has 94 valence electrons. The monoisotopic (exact) mass is 285 g/mol. The Morgan fingerprint density at radius 2 is 2.00 bits per heavy atom. The van der Waals surface area contributed by atoms with Gasteiger partial charge in [0, 0.05) is 6.20 Å². The molecule has 0 aromatic carbocycles. The molecule has 2 aromatic rings. The normalized spacial score (nSPS) is 11.4. The first-order valence-electron chi connectivity index (χ1n) is 4.82. The first-order valence-corrected chi connectivity index (χ1v) is 6.68. The Morgan fingerprint density at radius 1 is 1.28 bits per heavy atom. The molecule has 18 heavy (non-hydrogen) atoms. The second-order valence-electron chi connectivity index (χ2n) is 3.23. The average Bonchev–Trinajstić information content (AvgIpc) is 2.38. The van der Waals surface area contributed by atoms with Gasteiger partial charge in [-0.1, -0.05) is 0 Å². The van der Waals surface area contributed by atoms with E-state index in [2.05, 4.69) is 24.9 Å². The summed E-state index contributed by atoms with van der Waals surface area (Å²) in [6, 6.07) is 3.33. The summed E-state index contributed by atoms with van der Waals surface area (Å²) in [5, 5.41) is 7.39. The predicted molar refractivity (Wildman–Crippen MR) is 63.1 cm³/mol. The highest BCUT2D eigenvalue weighted by Gasteiger charge is 2.14. The van der Waals surface area contributed by atoms with Crippen molar-refractivity contribution in [3.63, 3.8) is 0 Å². The number of hydrogen-bond acceptors (Lipinski definition) is 6. The van der Waals surface area contributed by atoms with Gasteiger partial charge in [-0.2, -0.15) is 10.2 Å². The van der Waals surface area contributed by atoms with Gasteiger partial charge in [0.1, 0.15) is 4.90 Å². The topological polar surface area (TPSA) is 97.7 Å². The number of aromatic nitrogens is 4.